The molecule has 0 saturated carbocycles. The smallest absolute Gasteiger partial charge is 0.188 e. The van der Waals surface area contributed by atoms with E-state index < -0.39 is 0 Å². The van der Waals surface area contributed by atoms with Crippen molar-refractivity contribution in [2.24, 2.45) is 0 Å². The van der Waals surface area contributed by atoms with Crippen LogP contribution >= 0.6 is 11.6 Å². The molecular weight excluding hydrogens is 192 g/mol. The number of carbonyl (C=O) groups is 1. The summed E-state index contributed by atoms with van der Waals surface area (Å²) in [6, 6.07) is 4.82. The second kappa shape index (κ2) is 4.84. The lowest BCUT2D eigenvalue weighted by atomic mass is 10.2. The molecule has 3 nitrogen and oxygen atoms in total. The molecule has 0 radical (unpaired) electrons. The largest absolute Gasteiger partial charge is 0.467 e. The van der Waals surface area contributed by atoms with Gasteiger partial charge in [-0.05, 0) is 18.2 Å². The molecule has 0 amide bonds. The van der Waals surface area contributed by atoms with Crippen molar-refractivity contribution in [1.29, 1.82) is 0 Å². The van der Waals surface area contributed by atoms with Crippen molar-refractivity contribution in [2.45, 2.75) is 0 Å². The third kappa shape index (κ3) is 2.72. The number of rotatable bonds is 4. The molecule has 1 rings (SSSR count). The van der Waals surface area contributed by atoms with Gasteiger partial charge in [0.15, 0.2) is 13.1 Å². The van der Waals surface area contributed by atoms with Gasteiger partial charge in [-0.25, -0.2) is 0 Å². The topological polar surface area (TPSA) is 35.5 Å². The van der Waals surface area contributed by atoms with Crippen LogP contribution in [-0.4, -0.2) is 20.2 Å². The van der Waals surface area contributed by atoms with E-state index in [0.717, 1.165) is 0 Å². The highest BCUT2D eigenvalue weighted by Gasteiger charge is 2.02. The molecule has 0 aliphatic heterocycles. The van der Waals surface area contributed by atoms with Crippen LogP contribution in [0.3, 0.4) is 0 Å². The van der Waals surface area contributed by atoms with Crippen molar-refractivity contribution in [3.63, 3.8) is 0 Å². The summed E-state index contributed by atoms with van der Waals surface area (Å²) in [5.74, 6) is 0.473. The zero-order chi connectivity index (χ0) is 9.68. The minimum absolute atomic E-state index is 0.114. The van der Waals surface area contributed by atoms with Gasteiger partial charge < -0.3 is 9.47 Å². The monoisotopic (exact) mass is 200 g/mol. The van der Waals surface area contributed by atoms with Crippen LogP contribution in [0.5, 0.6) is 5.75 Å². The molecule has 0 unspecified atom stereocenters. The van der Waals surface area contributed by atoms with Crippen molar-refractivity contribution in [1.82, 2.24) is 0 Å². The Balaban J connectivity index is 2.86. The predicted molar refractivity (Wildman–Crippen MR) is 49.3 cm³/mol. The average molecular weight is 201 g/mol. The van der Waals surface area contributed by atoms with E-state index in [1.54, 1.807) is 18.2 Å². The van der Waals surface area contributed by atoms with Gasteiger partial charge in [-0.1, -0.05) is 11.6 Å². The van der Waals surface area contributed by atoms with E-state index in [9.17, 15) is 4.79 Å². The molecule has 0 aliphatic rings. The number of halogens is 1. The van der Waals surface area contributed by atoms with Gasteiger partial charge in [0.25, 0.3) is 0 Å². The highest BCUT2D eigenvalue weighted by atomic mass is 35.5. The van der Waals surface area contributed by atoms with Crippen LogP contribution in [-0.2, 0) is 4.74 Å². The van der Waals surface area contributed by atoms with Gasteiger partial charge in [-0.2, -0.15) is 0 Å². The molecule has 1 aromatic rings. The molecule has 4 heteroatoms. The molecule has 0 aromatic heterocycles. The van der Waals surface area contributed by atoms with Crippen molar-refractivity contribution in [3.8, 4) is 5.75 Å². The SMILES string of the molecule is COCOc1ccc(Cl)cc1C=O. The molecule has 0 spiro atoms. The van der Waals surface area contributed by atoms with Gasteiger partial charge in [0.05, 0.1) is 5.56 Å². The van der Waals surface area contributed by atoms with Crippen LogP contribution < -0.4 is 4.74 Å². The Morgan fingerprint density at radius 2 is 2.31 bits per heavy atom. The first-order valence-corrected chi connectivity index (χ1v) is 4.02. The van der Waals surface area contributed by atoms with Crippen LogP contribution in [0.1, 0.15) is 10.4 Å². The van der Waals surface area contributed by atoms with E-state index in [0.29, 0.717) is 22.6 Å². The average Bonchev–Trinajstić information content (AvgIpc) is 2.16. The molecule has 1 aromatic carbocycles. The molecule has 70 valence electrons. The van der Waals surface area contributed by atoms with Gasteiger partial charge in [-0.15, -0.1) is 0 Å². The maximum atomic E-state index is 10.6. The maximum Gasteiger partial charge on any atom is 0.188 e. The number of hydrogen-bond acceptors (Lipinski definition) is 3. The van der Waals surface area contributed by atoms with E-state index in [4.69, 9.17) is 21.1 Å². The zero-order valence-corrected chi connectivity index (χ0v) is 7.88. The van der Waals surface area contributed by atoms with Gasteiger partial charge in [0, 0.05) is 12.1 Å². The number of ether oxygens (including phenoxy) is 2. The molecule has 0 aliphatic carbocycles. The first-order valence-electron chi connectivity index (χ1n) is 3.64. The Morgan fingerprint density at radius 1 is 1.54 bits per heavy atom. The molecule has 0 heterocycles. The predicted octanol–water partition coefficient (Wildman–Crippen LogP) is 2.14. The molecule has 0 bridgehead atoms. The summed E-state index contributed by atoms with van der Waals surface area (Å²) in [4.78, 5) is 10.6. The number of hydrogen-bond donors (Lipinski definition) is 0. The second-order valence-corrected chi connectivity index (χ2v) is 2.79. The van der Waals surface area contributed by atoms with Crippen molar-refractivity contribution in [3.05, 3.63) is 28.8 Å². The summed E-state index contributed by atoms with van der Waals surface area (Å²) in [5.41, 5.74) is 0.421. The summed E-state index contributed by atoms with van der Waals surface area (Å²) in [6.45, 7) is 0.114. The summed E-state index contributed by atoms with van der Waals surface area (Å²) in [6.07, 6.45) is 0.691. The van der Waals surface area contributed by atoms with Crippen molar-refractivity contribution < 1.29 is 14.3 Å². The molecule has 13 heavy (non-hydrogen) atoms. The standard InChI is InChI=1S/C9H9ClO3/c1-12-6-13-9-3-2-8(10)4-7(9)5-11/h2-5H,6H2,1H3. The Labute approximate surface area is 81.2 Å². The van der Waals surface area contributed by atoms with Crippen LogP contribution in [0.2, 0.25) is 5.02 Å². The Kier molecular flexibility index (Phi) is 3.73. The first-order chi connectivity index (χ1) is 6.27. The fraction of sp³-hybridized carbons (Fsp3) is 0.222. The fourth-order valence-corrected chi connectivity index (χ4v) is 1.05. The first kappa shape index (κ1) is 10.0. The molecule has 0 fully saturated rings. The van der Waals surface area contributed by atoms with E-state index >= 15 is 0 Å². The molecule has 0 atom stereocenters. The fourth-order valence-electron chi connectivity index (χ4n) is 0.865. The van der Waals surface area contributed by atoms with Gasteiger partial charge in [0.1, 0.15) is 5.75 Å². The lowest BCUT2D eigenvalue weighted by molar-refractivity contribution is 0.0505. The summed E-state index contributed by atoms with van der Waals surface area (Å²) >= 11 is 5.68. The van der Waals surface area contributed by atoms with Crippen LogP contribution in [0.25, 0.3) is 0 Å². The third-order valence-electron chi connectivity index (χ3n) is 1.43. The maximum absolute atomic E-state index is 10.6. The summed E-state index contributed by atoms with van der Waals surface area (Å²) in [7, 11) is 1.51. The minimum atomic E-state index is 0.114. The van der Waals surface area contributed by atoms with Gasteiger partial charge in [0.2, 0.25) is 0 Å². The van der Waals surface area contributed by atoms with Crippen LogP contribution in [0.4, 0.5) is 0 Å². The van der Waals surface area contributed by atoms with E-state index in [1.165, 1.54) is 7.11 Å². The quantitative estimate of drug-likeness (QED) is 0.552. The number of aldehydes is 1. The highest BCUT2D eigenvalue weighted by molar-refractivity contribution is 6.30. The number of methoxy groups -OCH3 is 1. The van der Waals surface area contributed by atoms with E-state index in [2.05, 4.69) is 0 Å². The van der Waals surface area contributed by atoms with Gasteiger partial charge >= 0.3 is 0 Å². The Hall–Kier alpha value is -1.06. The summed E-state index contributed by atoms with van der Waals surface area (Å²) in [5, 5.41) is 0.506. The van der Waals surface area contributed by atoms with E-state index in [1.807, 2.05) is 0 Å². The second-order valence-electron chi connectivity index (χ2n) is 2.35. The molecule has 0 N–H and O–H groups in total. The summed E-state index contributed by atoms with van der Waals surface area (Å²) < 4.78 is 9.82. The number of carbonyl (C=O) groups excluding carboxylic acids is 1. The van der Waals surface area contributed by atoms with Crippen LogP contribution in [0, 0.1) is 0 Å². The Bertz CT molecular complexity index is 299. The Morgan fingerprint density at radius 3 is 2.92 bits per heavy atom. The lowest BCUT2D eigenvalue weighted by Crippen LogP contribution is -2.01. The minimum Gasteiger partial charge on any atom is -0.467 e. The highest BCUT2D eigenvalue weighted by Crippen LogP contribution is 2.20. The third-order valence-corrected chi connectivity index (χ3v) is 1.67. The van der Waals surface area contributed by atoms with Gasteiger partial charge in [-0.3, -0.25) is 4.79 Å². The van der Waals surface area contributed by atoms with Crippen molar-refractivity contribution in [2.75, 3.05) is 13.9 Å². The number of benzene rings is 1. The van der Waals surface area contributed by atoms with E-state index in [-0.39, 0.29) is 6.79 Å². The van der Waals surface area contributed by atoms with Crippen molar-refractivity contribution >= 4 is 17.9 Å². The lowest BCUT2D eigenvalue weighted by Gasteiger charge is -2.06. The van der Waals surface area contributed by atoms with Crippen LogP contribution in [0.15, 0.2) is 18.2 Å². The zero-order valence-electron chi connectivity index (χ0n) is 7.12. The normalized spacial score (nSPS) is 9.69. The molecule has 0 saturated heterocycles. The molecular formula is C9H9ClO3.